The summed E-state index contributed by atoms with van der Waals surface area (Å²) in [6.45, 7) is 7.69. The Bertz CT molecular complexity index is 328. The summed E-state index contributed by atoms with van der Waals surface area (Å²) in [7, 11) is 3.96. The number of nitrogens with zero attached hydrogens (tertiary/aromatic N) is 3. The molecule has 0 aromatic carbocycles. The van der Waals surface area contributed by atoms with Crippen molar-refractivity contribution in [3.8, 4) is 0 Å². The molecular formula is C9H20N3O2PW. The third kappa shape index (κ3) is 4.29. The molecule has 0 aromatic rings. The van der Waals surface area contributed by atoms with Crippen LogP contribution in [0.15, 0.2) is 4.76 Å². The fraction of sp³-hybridized carbons (Fsp3) is 0.889. The van der Waals surface area contributed by atoms with Crippen LogP contribution in [0.3, 0.4) is 0 Å². The number of likely N-dealkylation sites (N-methyl/N-ethyl adjacent to an activating group) is 2. The third-order valence-electron chi connectivity index (χ3n) is 2.06. The van der Waals surface area contributed by atoms with E-state index in [0.717, 1.165) is 37.9 Å². The van der Waals surface area contributed by atoms with Gasteiger partial charge in [0, 0.05) is 0 Å². The molecule has 0 bridgehead atoms. The summed E-state index contributed by atoms with van der Waals surface area (Å²) in [5.41, 5.74) is -2.96. The topological polar surface area (TPSA) is 48.3 Å². The molecule has 7 heteroatoms. The standard InChI is InChI=1S/C9H20N3O2P.W/c1-9(2,3)14-15(13)10-8-11(4)6-7-12(8)5;/h13H,6-7H2,1-5H3;/t15-;/m1./s1. The van der Waals surface area contributed by atoms with Crippen LogP contribution in [0, 0.1) is 0 Å². The molecule has 5 nitrogen and oxygen atoms in total. The van der Waals surface area contributed by atoms with Crippen molar-refractivity contribution >= 4 is 11.5 Å². The first-order valence-corrected chi connectivity index (χ1v) is 10.6. The second kappa shape index (κ2) is 4.89. The van der Waals surface area contributed by atoms with Gasteiger partial charge in [0.05, 0.1) is 0 Å². The zero-order chi connectivity index (χ0) is 12.6. The quantitative estimate of drug-likeness (QED) is 0.688. The Balaban J connectivity index is 2.85. The van der Waals surface area contributed by atoms with Gasteiger partial charge in [-0.2, -0.15) is 0 Å². The maximum atomic E-state index is 10.2. The van der Waals surface area contributed by atoms with E-state index in [1.54, 1.807) is 0 Å². The van der Waals surface area contributed by atoms with Crippen molar-refractivity contribution in [1.29, 1.82) is 0 Å². The number of hydrogen-bond acceptors (Lipinski definition) is 3. The molecule has 16 heavy (non-hydrogen) atoms. The zero-order valence-corrected chi connectivity index (χ0v) is 14.3. The second-order valence-electron chi connectivity index (χ2n) is 4.94. The van der Waals surface area contributed by atoms with Crippen molar-refractivity contribution in [2.75, 3.05) is 27.2 Å². The molecule has 1 saturated heterocycles. The van der Waals surface area contributed by atoms with Gasteiger partial charge in [-0.05, 0) is 0 Å². The van der Waals surface area contributed by atoms with E-state index >= 15 is 0 Å². The number of guanidine groups is 1. The van der Waals surface area contributed by atoms with Crippen LogP contribution in [0.1, 0.15) is 20.8 Å². The predicted octanol–water partition coefficient (Wildman–Crippen LogP) is 1.25. The molecule has 1 heterocycles. The third-order valence-corrected chi connectivity index (χ3v) is 4.96. The molecule has 1 N–H and O–H groups in total. The fourth-order valence-corrected chi connectivity index (χ4v) is 5.92. The molecule has 1 aliphatic rings. The first kappa shape index (κ1) is 14.4. The first-order chi connectivity index (χ1) is 7.11. The Labute approximate surface area is 108 Å². The van der Waals surface area contributed by atoms with Crippen molar-refractivity contribution in [1.82, 2.24) is 9.80 Å². The summed E-state index contributed by atoms with van der Waals surface area (Å²) in [6, 6.07) is 0. The molecule has 0 radical (unpaired) electrons. The molecule has 0 saturated carbocycles. The Morgan fingerprint density at radius 3 is 2.12 bits per heavy atom. The van der Waals surface area contributed by atoms with Gasteiger partial charge in [0.15, 0.2) is 0 Å². The molecule has 1 fully saturated rings. The van der Waals surface area contributed by atoms with Gasteiger partial charge < -0.3 is 0 Å². The van der Waals surface area contributed by atoms with Crippen molar-refractivity contribution in [3.63, 3.8) is 0 Å². The van der Waals surface area contributed by atoms with Crippen LogP contribution in [0.4, 0.5) is 0 Å². The van der Waals surface area contributed by atoms with Crippen LogP contribution < -0.4 is 0 Å². The van der Waals surface area contributed by atoms with Crippen LogP contribution in [0.5, 0.6) is 0 Å². The molecule has 0 aliphatic carbocycles. The van der Waals surface area contributed by atoms with E-state index in [-0.39, 0.29) is 5.60 Å². The van der Waals surface area contributed by atoms with Crippen molar-refractivity contribution in [2.24, 2.45) is 4.76 Å². The minimum atomic E-state index is -2.60. The summed E-state index contributed by atoms with van der Waals surface area (Å²) >= 11 is 0.999. The van der Waals surface area contributed by atoms with E-state index < -0.39 is 5.50 Å². The van der Waals surface area contributed by atoms with Crippen molar-refractivity contribution < 1.29 is 28.2 Å². The Kier molecular flexibility index (Phi) is 4.39. The monoisotopic (exact) mass is 417 g/mol. The van der Waals surface area contributed by atoms with Gasteiger partial charge in [-0.1, -0.05) is 0 Å². The molecule has 0 aromatic heterocycles. The average Bonchev–Trinajstić information content (AvgIpc) is 2.30. The zero-order valence-electron chi connectivity index (χ0n) is 10.5. The van der Waals surface area contributed by atoms with Gasteiger partial charge in [0.25, 0.3) is 0 Å². The molecule has 94 valence electrons. The van der Waals surface area contributed by atoms with Crippen LogP contribution in [0.2, 0.25) is 0 Å². The summed E-state index contributed by atoms with van der Waals surface area (Å²) in [6.07, 6.45) is 0. The summed E-state index contributed by atoms with van der Waals surface area (Å²) in [5.74, 6) is 0.829. The van der Waals surface area contributed by atoms with Crippen molar-refractivity contribution in [3.05, 3.63) is 0 Å². The predicted molar refractivity (Wildman–Crippen MR) is 62.7 cm³/mol. The van der Waals surface area contributed by atoms with E-state index in [2.05, 4.69) is 4.76 Å². The van der Waals surface area contributed by atoms with Gasteiger partial charge in [-0.25, -0.2) is 0 Å². The van der Waals surface area contributed by atoms with E-state index in [9.17, 15) is 4.89 Å². The second-order valence-corrected chi connectivity index (χ2v) is 11.4. The Morgan fingerprint density at radius 2 is 1.75 bits per heavy atom. The fourth-order valence-electron chi connectivity index (χ4n) is 1.43. The molecule has 0 amide bonds. The van der Waals surface area contributed by atoms with Crippen molar-refractivity contribution in [2.45, 2.75) is 26.4 Å². The van der Waals surface area contributed by atoms with Crippen LogP contribution in [-0.4, -0.2) is 53.4 Å². The number of rotatable bonds is 2. The van der Waals surface area contributed by atoms with Crippen LogP contribution in [-0.2, 0) is 23.3 Å². The van der Waals surface area contributed by atoms with Gasteiger partial charge in [0.2, 0.25) is 0 Å². The van der Waals surface area contributed by atoms with E-state index in [0.29, 0.717) is 0 Å². The maximum absolute atomic E-state index is 10.2. The van der Waals surface area contributed by atoms with Gasteiger partial charge >= 0.3 is 108 Å². The molecule has 1 aliphatic heterocycles. The minimum absolute atomic E-state index is 0.357. The molecule has 1 rings (SSSR count). The van der Waals surface area contributed by atoms with E-state index in [1.165, 1.54) is 0 Å². The van der Waals surface area contributed by atoms with E-state index in [4.69, 9.17) is 4.52 Å². The van der Waals surface area contributed by atoms with Gasteiger partial charge in [-0.15, -0.1) is 0 Å². The Hall–Kier alpha value is 0.308. The van der Waals surface area contributed by atoms with Gasteiger partial charge in [-0.3, -0.25) is 0 Å². The summed E-state index contributed by atoms with van der Waals surface area (Å²) < 4.78 is 10.1. The number of hydrogen-bond donors (Lipinski definition) is 1. The SMILES string of the molecule is CN1CCN(C)C1=N[P@@](O)(=[W])OC(C)(C)C. The molecular weight excluding hydrogens is 397 g/mol. The van der Waals surface area contributed by atoms with Crippen LogP contribution >= 0.6 is 5.50 Å². The Morgan fingerprint density at radius 1 is 1.31 bits per heavy atom. The molecule has 0 unspecified atom stereocenters. The average molecular weight is 417 g/mol. The van der Waals surface area contributed by atoms with Crippen LogP contribution in [0.25, 0.3) is 0 Å². The molecule has 1 atom stereocenters. The summed E-state index contributed by atoms with van der Waals surface area (Å²) in [4.78, 5) is 14.3. The summed E-state index contributed by atoms with van der Waals surface area (Å²) in [5, 5.41) is 0. The first-order valence-electron chi connectivity index (χ1n) is 5.17. The molecule has 0 spiro atoms. The van der Waals surface area contributed by atoms with E-state index in [1.807, 2.05) is 44.7 Å². The van der Waals surface area contributed by atoms with Gasteiger partial charge in [0.1, 0.15) is 0 Å². The normalized spacial score (nSPS) is 21.2.